The molecule has 0 fully saturated rings. The third-order valence-corrected chi connectivity index (χ3v) is 5.91. The summed E-state index contributed by atoms with van der Waals surface area (Å²) in [5, 5.41) is 5.33. The monoisotopic (exact) mass is 360 g/mol. The highest BCUT2D eigenvalue weighted by Gasteiger charge is 2.12. The molecule has 28 heavy (non-hydrogen) atoms. The second kappa shape index (κ2) is 6.00. The van der Waals surface area contributed by atoms with Crippen LogP contribution in [-0.4, -0.2) is 9.13 Å². The Morgan fingerprint density at radius 1 is 0.357 bits per heavy atom. The van der Waals surface area contributed by atoms with E-state index >= 15 is 0 Å². The highest BCUT2D eigenvalue weighted by molar-refractivity contribution is 6.09. The molecule has 0 aliphatic carbocycles. The largest absolute Gasteiger partial charge is 0.339 e. The average Bonchev–Trinajstić information content (AvgIpc) is 3.26. The summed E-state index contributed by atoms with van der Waals surface area (Å²) in [5.41, 5.74) is 5.24. The van der Waals surface area contributed by atoms with Gasteiger partial charge in [0.1, 0.15) is 0 Å². The van der Waals surface area contributed by atoms with Gasteiger partial charge < -0.3 is 9.13 Å². The summed E-state index contributed by atoms with van der Waals surface area (Å²) in [6.07, 6.45) is 0. The Morgan fingerprint density at radius 3 is 0.893 bits per heavy atom. The fourth-order valence-corrected chi connectivity index (χ4v) is 4.69. The highest BCUT2D eigenvalue weighted by atomic mass is 15.1. The maximum Gasteiger partial charge on any atom is 0.0491 e. The van der Waals surface area contributed by atoms with Gasteiger partial charge in [0.05, 0.1) is 0 Å². The molecule has 0 aliphatic rings. The van der Waals surface area contributed by atoms with Crippen molar-refractivity contribution in [1.82, 2.24) is 9.13 Å². The molecule has 0 saturated carbocycles. The Balaban J connectivity index is 1.53. The average molecular weight is 360 g/mol. The molecule has 2 aromatic heterocycles. The van der Waals surface area contributed by atoms with Crippen molar-refractivity contribution in [2.24, 2.45) is 0 Å². The fourth-order valence-electron chi connectivity index (χ4n) is 4.69. The van der Waals surface area contributed by atoms with Gasteiger partial charge in [-0.3, -0.25) is 0 Å². The molecule has 4 aromatic carbocycles. The Labute approximate surface area is 163 Å². The van der Waals surface area contributed by atoms with Gasteiger partial charge in [-0.1, -0.05) is 72.8 Å². The van der Waals surface area contributed by atoms with E-state index in [0.29, 0.717) is 0 Å². The van der Waals surface area contributed by atoms with Crippen molar-refractivity contribution in [1.29, 1.82) is 0 Å². The lowest BCUT2D eigenvalue weighted by Crippen LogP contribution is -2.07. The Hall–Kier alpha value is -3.52. The number of aryl methyl sites for hydroxylation is 2. The molecule has 0 aliphatic heterocycles. The summed E-state index contributed by atoms with van der Waals surface area (Å²) < 4.78 is 4.93. The van der Waals surface area contributed by atoms with Crippen molar-refractivity contribution >= 4 is 43.6 Å². The topological polar surface area (TPSA) is 9.86 Å². The lowest BCUT2D eigenvalue weighted by atomic mass is 10.2. The number of benzene rings is 4. The second-order valence-corrected chi connectivity index (χ2v) is 7.37. The van der Waals surface area contributed by atoms with Crippen molar-refractivity contribution in [3.8, 4) is 0 Å². The molecule has 0 radical (unpaired) electrons. The van der Waals surface area contributed by atoms with Gasteiger partial charge in [0.25, 0.3) is 0 Å². The lowest BCUT2D eigenvalue weighted by molar-refractivity contribution is 0.631. The van der Waals surface area contributed by atoms with Gasteiger partial charge in [-0.2, -0.15) is 0 Å². The lowest BCUT2D eigenvalue weighted by Gasteiger charge is -2.11. The van der Waals surface area contributed by atoms with Crippen molar-refractivity contribution in [2.45, 2.75) is 13.1 Å². The number of nitrogens with zero attached hydrogens (tertiary/aromatic N) is 2. The number of hydrogen-bond acceptors (Lipinski definition) is 0. The van der Waals surface area contributed by atoms with Crippen LogP contribution in [0.3, 0.4) is 0 Å². The summed E-state index contributed by atoms with van der Waals surface area (Å²) in [6, 6.07) is 34.9. The van der Waals surface area contributed by atoms with Gasteiger partial charge in [-0.05, 0) is 24.3 Å². The summed E-state index contributed by atoms with van der Waals surface area (Å²) in [5.74, 6) is 0. The van der Waals surface area contributed by atoms with E-state index in [2.05, 4.69) is 106 Å². The molecule has 134 valence electrons. The van der Waals surface area contributed by atoms with E-state index < -0.39 is 0 Å². The zero-order valence-electron chi connectivity index (χ0n) is 15.5. The summed E-state index contributed by atoms with van der Waals surface area (Å²) in [4.78, 5) is 0. The van der Waals surface area contributed by atoms with Crippen LogP contribution < -0.4 is 0 Å². The highest BCUT2D eigenvalue weighted by Crippen LogP contribution is 2.31. The standard InChI is InChI=1S/C26H20N2/c1-5-13-23-19(9-1)20-10-2-6-14-24(20)27(23)17-18-28-25-15-7-3-11-21(25)22-12-4-8-16-26(22)28/h1-16H,17-18H2. The zero-order chi connectivity index (χ0) is 18.5. The molecule has 6 aromatic rings. The van der Waals surface area contributed by atoms with Crippen LogP contribution in [0.25, 0.3) is 43.6 Å². The Bertz CT molecular complexity index is 1250. The maximum absolute atomic E-state index is 2.47. The van der Waals surface area contributed by atoms with Crippen LogP contribution in [0, 0.1) is 0 Å². The minimum atomic E-state index is 0.941. The van der Waals surface area contributed by atoms with E-state index in [0.717, 1.165) is 13.1 Å². The van der Waals surface area contributed by atoms with E-state index in [4.69, 9.17) is 0 Å². The molecule has 0 amide bonds. The van der Waals surface area contributed by atoms with E-state index in [1.54, 1.807) is 0 Å². The molecule has 2 heterocycles. The van der Waals surface area contributed by atoms with E-state index in [1.807, 2.05) is 0 Å². The normalized spacial score (nSPS) is 11.9. The van der Waals surface area contributed by atoms with Crippen molar-refractivity contribution in [2.75, 3.05) is 0 Å². The first kappa shape index (κ1) is 15.5. The fraction of sp³-hybridized carbons (Fsp3) is 0.0769. The number of hydrogen-bond donors (Lipinski definition) is 0. The minimum Gasteiger partial charge on any atom is -0.339 e. The van der Waals surface area contributed by atoms with Gasteiger partial charge in [0.2, 0.25) is 0 Å². The van der Waals surface area contributed by atoms with Crippen LogP contribution in [0.5, 0.6) is 0 Å². The maximum atomic E-state index is 2.47. The van der Waals surface area contributed by atoms with Gasteiger partial charge in [0.15, 0.2) is 0 Å². The summed E-state index contributed by atoms with van der Waals surface area (Å²) in [6.45, 7) is 1.88. The molecular weight excluding hydrogens is 340 g/mol. The second-order valence-electron chi connectivity index (χ2n) is 7.37. The van der Waals surface area contributed by atoms with Gasteiger partial charge in [-0.25, -0.2) is 0 Å². The smallest absolute Gasteiger partial charge is 0.0491 e. The molecule has 0 unspecified atom stereocenters. The van der Waals surface area contributed by atoms with Crippen molar-refractivity contribution < 1.29 is 0 Å². The van der Waals surface area contributed by atoms with Crippen LogP contribution in [-0.2, 0) is 13.1 Å². The number of para-hydroxylation sites is 4. The van der Waals surface area contributed by atoms with Crippen molar-refractivity contribution in [3.05, 3.63) is 97.1 Å². The predicted molar refractivity (Wildman–Crippen MR) is 119 cm³/mol. The molecule has 0 atom stereocenters. The number of aromatic nitrogens is 2. The third-order valence-electron chi connectivity index (χ3n) is 5.91. The predicted octanol–water partition coefficient (Wildman–Crippen LogP) is 6.60. The molecule has 0 spiro atoms. The first-order valence-corrected chi connectivity index (χ1v) is 9.84. The van der Waals surface area contributed by atoms with Crippen LogP contribution in [0.2, 0.25) is 0 Å². The van der Waals surface area contributed by atoms with Crippen LogP contribution >= 0.6 is 0 Å². The van der Waals surface area contributed by atoms with Gasteiger partial charge in [0, 0.05) is 56.7 Å². The van der Waals surface area contributed by atoms with Gasteiger partial charge >= 0.3 is 0 Å². The van der Waals surface area contributed by atoms with Crippen LogP contribution in [0.4, 0.5) is 0 Å². The number of fused-ring (bicyclic) bond motifs is 6. The Kier molecular flexibility index (Phi) is 3.33. The molecule has 0 bridgehead atoms. The van der Waals surface area contributed by atoms with Crippen molar-refractivity contribution in [3.63, 3.8) is 0 Å². The quantitative estimate of drug-likeness (QED) is 0.336. The van der Waals surface area contributed by atoms with E-state index in [1.165, 1.54) is 43.6 Å². The first-order valence-electron chi connectivity index (χ1n) is 9.84. The summed E-state index contributed by atoms with van der Waals surface area (Å²) in [7, 11) is 0. The zero-order valence-corrected chi connectivity index (χ0v) is 15.5. The summed E-state index contributed by atoms with van der Waals surface area (Å²) >= 11 is 0. The van der Waals surface area contributed by atoms with Gasteiger partial charge in [-0.15, -0.1) is 0 Å². The molecular formula is C26H20N2. The first-order chi connectivity index (χ1) is 13.9. The molecule has 0 saturated heterocycles. The molecule has 6 rings (SSSR count). The van der Waals surface area contributed by atoms with E-state index in [9.17, 15) is 0 Å². The van der Waals surface area contributed by atoms with Crippen LogP contribution in [0.1, 0.15) is 0 Å². The Morgan fingerprint density at radius 2 is 0.607 bits per heavy atom. The number of rotatable bonds is 3. The van der Waals surface area contributed by atoms with E-state index in [-0.39, 0.29) is 0 Å². The molecule has 2 nitrogen and oxygen atoms in total. The SMILES string of the molecule is c1ccc2c(c1)c1ccccc1n2CCn1c2ccccc2c2ccccc21. The molecule has 2 heteroatoms. The minimum absolute atomic E-state index is 0.941. The third kappa shape index (κ3) is 2.15. The van der Waals surface area contributed by atoms with Crippen LogP contribution in [0.15, 0.2) is 97.1 Å². The molecule has 0 N–H and O–H groups in total.